The van der Waals surface area contributed by atoms with Crippen molar-refractivity contribution in [2.24, 2.45) is 11.8 Å². The molecule has 0 spiro atoms. The zero-order chi connectivity index (χ0) is 19.1. The quantitative estimate of drug-likeness (QED) is 0.653. The fraction of sp³-hybridized carbons (Fsp3) is 0.550. The summed E-state index contributed by atoms with van der Waals surface area (Å²) in [6, 6.07) is 6.16. The van der Waals surface area contributed by atoms with Crippen LogP contribution in [0.1, 0.15) is 35.4 Å². The Balaban J connectivity index is 1.25. The van der Waals surface area contributed by atoms with Crippen molar-refractivity contribution in [1.29, 1.82) is 0 Å². The molecule has 2 bridgehead atoms. The van der Waals surface area contributed by atoms with Gasteiger partial charge in [0.25, 0.3) is 5.91 Å². The number of nitrogens with zero attached hydrogens (tertiary/aromatic N) is 2. The van der Waals surface area contributed by atoms with Crippen LogP contribution >= 0.6 is 23.8 Å². The number of hydrogen-bond donors (Lipinski definition) is 3. The van der Waals surface area contributed by atoms with Crippen molar-refractivity contribution in [2.75, 3.05) is 31.5 Å². The third-order valence-electron chi connectivity index (χ3n) is 6.16. The molecule has 148 valence electrons. The second-order valence-electron chi connectivity index (χ2n) is 8.24. The highest BCUT2D eigenvalue weighted by atomic mass is 32.1. The molecule has 6 rings (SSSR count). The third kappa shape index (κ3) is 3.86. The van der Waals surface area contributed by atoms with Gasteiger partial charge in [0.2, 0.25) is 0 Å². The molecule has 1 amide bonds. The van der Waals surface area contributed by atoms with E-state index in [4.69, 9.17) is 12.2 Å². The van der Waals surface area contributed by atoms with Gasteiger partial charge in [0.1, 0.15) is 4.88 Å². The molecule has 6 nitrogen and oxygen atoms in total. The Labute approximate surface area is 174 Å². The summed E-state index contributed by atoms with van der Waals surface area (Å²) in [5.74, 6) is 1.40. The van der Waals surface area contributed by atoms with E-state index in [1.54, 1.807) is 0 Å². The summed E-state index contributed by atoms with van der Waals surface area (Å²) in [4.78, 5) is 16.0. The molecule has 4 heterocycles. The number of aromatic nitrogens is 1. The predicted octanol–water partition coefficient (Wildman–Crippen LogP) is 2.82. The molecular weight excluding hydrogens is 390 g/mol. The van der Waals surface area contributed by atoms with Gasteiger partial charge in [-0.25, -0.2) is 0 Å². The minimum atomic E-state index is 0.00794. The fourth-order valence-electron chi connectivity index (χ4n) is 4.28. The second-order valence-corrected chi connectivity index (χ2v) is 9.42. The van der Waals surface area contributed by atoms with Crippen molar-refractivity contribution in [3.8, 4) is 0 Å². The van der Waals surface area contributed by atoms with Gasteiger partial charge in [-0.05, 0) is 92.6 Å². The lowest BCUT2D eigenvalue weighted by atomic mass is 9.84. The van der Waals surface area contributed by atoms with Crippen LogP contribution in [-0.4, -0.2) is 52.5 Å². The molecule has 28 heavy (non-hydrogen) atoms. The number of rotatable bonds is 5. The van der Waals surface area contributed by atoms with Crippen LogP contribution in [0.15, 0.2) is 18.2 Å². The van der Waals surface area contributed by atoms with Gasteiger partial charge in [-0.1, -0.05) is 0 Å². The molecule has 0 radical (unpaired) electrons. The topological polar surface area (TPSA) is 69.3 Å². The third-order valence-corrected chi connectivity index (χ3v) is 7.28. The van der Waals surface area contributed by atoms with Gasteiger partial charge in [0, 0.05) is 30.2 Å². The summed E-state index contributed by atoms with van der Waals surface area (Å²) in [6.07, 6.45) is 4.98. The number of piperidine rings is 3. The van der Waals surface area contributed by atoms with E-state index in [-0.39, 0.29) is 11.9 Å². The van der Waals surface area contributed by atoms with E-state index in [1.807, 2.05) is 18.2 Å². The molecule has 3 aliphatic heterocycles. The summed E-state index contributed by atoms with van der Waals surface area (Å²) in [7, 11) is 0. The molecule has 1 aliphatic carbocycles. The van der Waals surface area contributed by atoms with E-state index in [0.717, 1.165) is 35.6 Å². The van der Waals surface area contributed by atoms with E-state index in [1.165, 1.54) is 50.3 Å². The lowest BCUT2D eigenvalue weighted by Gasteiger charge is -2.44. The van der Waals surface area contributed by atoms with Crippen LogP contribution in [0.25, 0.3) is 10.9 Å². The number of anilines is 1. The number of benzene rings is 1. The Hall–Kier alpha value is -1.77. The maximum absolute atomic E-state index is 12.9. The first kappa shape index (κ1) is 18.3. The number of amides is 1. The molecule has 8 heteroatoms. The minimum absolute atomic E-state index is 0.00794. The molecule has 4 fully saturated rings. The highest BCUT2D eigenvalue weighted by molar-refractivity contribution is 7.80. The molecule has 1 saturated carbocycles. The minimum Gasteiger partial charge on any atom is -0.362 e. The van der Waals surface area contributed by atoms with E-state index >= 15 is 0 Å². The molecule has 3 saturated heterocycles. The maximum Gasteiger partial charge on any atom is 0.263 e. The SMILES string of the molecule is O=C(N[C@@H]1CN2CCC1CC2)c1snc2cc(NC(=S)NCC3CC3)ccc12. The van der Waals surface area contributed by atoms with Gasteiger partial charge in [-0.3, -0.25) is 4.79 Å². The number of carbonyl (C=O) groups is 1. The summed E-state index contributed by atoms with van der Waals surface area (Å²) in [6.45, 7) is 4.27. The Kier molecular flexibility index (Phi) is 4.94. The standard InChI is InChI=1S/C20H25N5OS2/c26-19(23-17-11-25-7-5-13(17)6-8-25)18-15-4-3-14(9-16(15)24-28-18)22-20(27)21-10-12-1-2-12/h3-4,9,12-13,17H,1-2,5-8,10-11H2,(H,23,26)(H2,21,22,27)/t17-/m1/s1. The van der Waals surface area contributed by atoms with Crippen LogP contribution in [0, 0.1) is 11.8 Å². The van der Waals surface area contributed by atoms with Crippen LogP contribution in [0.5, 0.6) is 0 Å². The van der Waals surface area contributed by atoms with Gasteiger partial charge in [-0.2, -0.15) is 4.37 Å². The van der Waals surface area contributed by atoms with E-state index in [0.29, 0.717) is 15.9 Å². The molecule has 3 N–H and O–H groups in total. The number of thiocarbonyl (C=S) groups is 1. The van der Waals surface area contributed by atoms with E-state index in [2.05, 4.69) is 25.2 Å². The number of carbonyl (C=O) groups excluding carboxylic acids is 1. The van der Waals surface area contributed by atoms with E-state index < -0.39 is 0 Å². The van der Waals surface area contributed by atoms with Crippen LogP contribution in [0.2, 0.25) is 0 Å². The normalized spacial score (nSPS) is 26.2. The van der Waals surface area contributed by atoms with Crippen molar-refractivity contribution in [1.82, 2.24) is 19.9 Å². The highest BCUT2D eigenvalue weighted by Crippen LogP contribution is 2.30. The average Bonchev–Trinajstić information content (AvgIpc) is 3.45. The molecule has 1 aromatic heterocycles. The molecule has 2 aromatic rings. The number of hydrogen-bond acceptors (Lipinski definition) is 5. The van der Waals surface area contributed by atoms with Crippen molar-refractivity contribution in [3.05, 3.63) is 23.1 Å². The lowest BCUT2D eigenvalue weighted by Crippen LogP contribution is -2.57. The van der Waals surface area contributed by atoms with Crippen LogP contribution < -0.4 is 16.0 Å². The van der Waals surface area contributed by atoms with Crippen molar-refractivity contribution in [3.63, 3.8) is 0 Å². The first-order valence-electron chi connectivity index (χ1n) is 10.1. The average molecular weight is 416 g/mol. The Morgan fingerprint density at radius 1 is 1.25 bits per heavy atom. The Morgan fingerprint density at radius 2 is 2.07 bits per heavy atom. The van der Waals surface area contributed by atoms with Crippen molar-refractivity contribution in [2.45, 2.75) is 31.7 Å². The second kappa shape index (κ2) is 7.57. The highest BCUT2D eigenvalue weighted by Gasteiger charge is 2.35. The largest absolute Gasteiger partial charge is 0.362 e. The first-order valence-corrected chi connectivity index (χ1v) is 11.3. The summed E-state index contributed by atoms with van der Waals surface area (Å²) in [5.41, 5.74) is 1.73. The summed E-state index contributed by atoms with van der Waals surface area (Å²) >= 11 is 6.64. The predicted molar refractivity (Wildman–Crippen MR) is 117 cm³/mol. The summed E-state index contributed by atoms with van der Waals surface area (Å²) in [5, 5.41) is 11.3. The Morgan fingerprint density at radius 3 is 2.79 bits per heavy atom. The van der Waals surface area contributed by atoms with E-state index in [9.17, 15) is 4.79 Å². The zero-order valence-electron chi connectivity index (χ0n) is 15.7. The molecule has 1 atom stereocenters. The van der Waals surface area contributed by atoms with Gasteiger partial charge in [0.15, 0.2) is 5.11 Å². The first-order chi connectivity index (χ1) is 13.7. The molecule has 1 aromatic carbocycles. The smallest absolute Gasteiger partial charge is 0.263 e. The summed E-state index contributed by atoms with van der Waals surface area (Å²) < 4.78 is 4.50. The van der Waals surface area contributed by atoms with Gasteiger partial charge in [-0.15, -0.1) is 0 Å². The van der Waals surface area contributed by atoms with Crippen LogP contribution in [0.4, 0.5) is 5.69 Å². The van der Waals surface area contributed by atoms with Gasteiger partial charge in [0.05, 0.1) is 5.52 Å². The lowest BCUT2D eigenvalue weighted by molar-refractivity contribution is 0.0623. The molecule has 0 unspecified atom stereocenters. The monoisotopic (exact) mass is 415 g/mol. The molecular formula is C20H25N5OS2. The fourth-order valence-corrected chi connectivity index (χ4v) is 5.24. The number of nitrogens with one attached hydrogen (secondary N) is 3. The van der Waals surface area contributed by atoms with Gasteiger partial charge < -0.3 is 20.9 Å². The van der Waals surface area contributed by atoms with Crippen LogP contribution in [-0.2, 0) is 0 Å². The van der Waals surface area contributed by atoms with Crippen molar-refractivity contribution < 1.29 is 4.79 Å². The maximum atomic E-state index is 12.9. The zero-order valence-corrected chi connectivity index (χ0v) is 17.4. The van der Waals surface area contributed by atoms with Crippen molar-refractivity contribution >= 4 is 51.4 Å². The van der Waals surface area contributed by atoms with Gasteiger partial charge >= 0.3 is 0 Å². The molecule has 4 aliphatic rings. The Bertz CT molecular complexity index is 901. The number of fused-ring (bicyclic) bond motifs is 4. The van der Waals surface area contributed by atoms with Crippen LogP contribution in [0.3, 0.4) is 0 Å².